The smallest absolute Gasteiger partial charge is 0.237 e. The zero-order chi connectivity index (χ0) is 18.7. The normalized spacial score (nSPS) is 15.5. The molecule has 1 fully saturated rings. The van der Waals surface area contributed by atoms with Gasteiger partial charge in [0.15, 0.2) is 0 Å². The second-order valence-electron chi connectivity index (χ2n) is 7.69. The topological polar surface area (TPSA) is 54.3 Å². The maximum absolute atomic E-state index is 12.8. The minimum Gasteiger partial charge on any atom is -0.338 e. The highest BCUT2D eigenvalue weighted by Crippen LogP contribution is 2.28. The molecular weight excluding hydrogens is 326 g/mol. The van der Waals surface area contributed by atoms with Gasteiger partial charge in [0.05, 0.1) is 12.2 Å². The van der Waals surface area contributed by atoms with Gasteiger partial charge in [-0.1, -0.05) is 26.0 Å². The van der Waals surface area contributed by atoms with Crippen molar-refractivity contribution in [2.24, 2.45) is 5.92 Å². The lowest BCUT2D eigenvalue weighted by Gasteiger charge is -2.30. The summed E-state index contributed by atoms with van der Waals surface area (Å²) in [5, 5.41) is 4.15. The minimum atomic E-state index is 0.170. The number of hydrogen-bond acceptors (Lipinski definition) is 4. The molecule has 0 bridgehead atoms. The predicted molar refractivity (Wildman–Crippen MR) is 102 cm³/mol. The van der Waals surface area contributed by atoms with E-state index >= 15 is 0 Å². The van der Waals surface area contributed by atoms with Gasteiger partial charge in [-0.2, -0.15) is 5.10 Å². The summed E-state index contributed by atoms with van der Waals surface area (Å²) >= 11 is 0. The van der Waals surface area contributed by atoms with Crippen LogP contribution in [0.25, 0.3) is 5.69 Å². The fourth-order valence-electron chi connectivity index (χ4n) is 3.18. The molecule has 1 amide bonds. The van der Waals surface area contributed by atoms with Crippen LogP contribution in [0.4, 0.5) is 0 Å². The summed E-state index contributed by atoms with van der Waals surface area (Å²) in [6, 6.07) is 8.89. The fraction of sp³-hybridized carbons (Fsp3) is 0.550. The predicted octanol–water partition coefficient (Wildman–Crippen LogP) is 2.91. The first-order chi connectivity index (χ1) is 12.5. The number of likely N-dealkylation sites (N-methyl/N-ethyl adjacent to an activating group) is 1. The number of rotatable bonds is 8. The molecule has 1 aromatic carbocycles. The molecule has 0 spiro atoms. The van der Waals surface area contributed by atoms with Gasteiger partial charge in [0.1, 0.15) is 12.7 Å². The first kappa shape index (κ1) is 18.6. The average Bonchev–Trinajstić information content (AvgIpc) is 3.32. The number of nitrogens with zero attached hydrogens (tertiary/aromatic N) is 5. The molecule has 1 saturated carbocycles. The van der Waals surface area contributed by atoms with E-state index in [2.05, 4.69) is 52.8 Å². The molecule has 0 N–H and O–H groups in total. The molecule has 140 valence electrons. The van der Waals surface area contributed by atoms with Crippen LogP contribution in [0.15, 0.2) is 36.9 Å². The van der Waals surface area contributed by atoms with Crippen molar-refractivity contribution in [3.63, 3.8) is 0 Å². The Morgan fingerprint density at radius 1 is 1.23 bits per heavy atom. The van der Waals surface area contributed by atoms with Crippen LogP contribution in [0, 0.1) is 5.92 Å². The zero-order valence-corrected chi connectivity index (χ0v) is 16.2. The molecular formula is C20H29N5O. The first-order valence-electron chi connectivity index (χ1n) is 9.40. The Morgan fingerprint density at radius 3 is 2.46 bits per heavy atom. The third kappa shape index (κ3) is 4.49. The summed E-state index contributed by atoms with van der Waals surface area (Å²) in [4.78, 5) is 21.0. The number of hydrogen-bond donors (Lipinski definition) is 0. The van der Waals surface area contributed by atoms with Gasteiger partial charge in [-0.3, -0.25) is 9.69 Å². The average molecular weight is 355 g/mol. The van der Waals surface area contributed by atoms with Crippen molar-refractivity contribution in [3.8, 4) is 5.69 Å². The summed E-state index contributed by atoms with van der Waals surface area (Å²) in [6.45, 7) is 7.80. The highest BCUT2D eigenvalue weighted by molar-refractivity contribution is 5.79. The lowest BCUT2D eigenvalue weighted by atomic mass is 10.1. The van der Waals surface area contributed by atoms with Crippen molar-refractivity contribution in [2.45, 2.75) is 45.7 Å². The maximum atomic E-state index is 12.8. The lowest BCUT2D eigenvalue weighted by molar-refractivity contribution is -0.133. The van der Waals surface area contributed by atoms with E-state index in [1.807, 2.05) is 19.2 Å². The Labute approximate surface area is 155 Å². The number of amides is 1. The van der Waals surface area contributed by atoms with E-state index in [1.165, 1.54) is 11.9 Å². The van der Waals surface area contributed by atoms with Crippen LogP contribution < -0.4 is 0 Å². The molecule has 26 heavy (non-hydrogen) atoms. The second-order valence-corrected chi connectivity index (χ2v) is 7.69. The Bertz CT molecular complexity index is 706. The van der Waals surface area contributed by atoms with Gasteiger partial charge in [0.2, 0.25) is 5.91 Å². The van der Waals surface area contributed by atoms with Gasteiger partial charge in [-0.15, -0.1) is 0 Å². The molecule has 0 radical (unpaired) electrons. The van der Waals surface area contributed by atoms with Crippen LogP contribution in [0.1, 0.15) is 45.2 Å². The summed E-state index contributed by atoms with van der Waals surface area (Å²) in [5.74, 6) is 0.751. The van der Waals surface area contributed by atoms with E-state index in [4.69, 9.17) is 0 Å². The van der Waals surface area contributed by atoms with E-state index in [0.717, 1.165) is 25.1 Å². The highest BCUT2D eigenvalue weighted by atomic mass is 16.2. The van der Waals surface area contributed by atoms with Crippen molar-refractivity contribution in [1.82, 2.24) is 24.6 Å². The number of aromatic nitrogens is 3. The van der Waals surface area contributed by atoms with Crippen LogP contribution in [0.5, 0.6) is 0 Å². The fourth-order valence-corrected chi connectivity index (χ4v) is 3.18. The van der Waals surface area contributed by atoms with E-state index in [1.54, 1.807) is 11.0 Å². The van der Waals surface area contributed by atoms with Gasteiger partial charge in [-0.05, 0) is 50.4 Å². The number of benzene rings is 1. The molecule has 1 aromatic heterocycles. The van der Waals surface area contributed by atoms with Gasteiger partial charge in [-0.25, -0.2) is 9.67 Å². The molecule has 1 heterocycles. The maximum Gasteiger partial charge on any atom is 0.237 e. The SMILES string of the molecule is CC(C)CN(C(=O)CN(C)C(C)c1ccc(-n2cncn2)cc1)C1CC1. The van der Waals surface area contributed by atoms with Crippen molar-refractivity contribution < 1.29 is 4.79 Å². The Hall–Kier alpha value is -2.21. The van der Waals surface area contributed by atoms with Crippen LogP contribution >= 0.6 is 0 Å². The van der Waals surface area contributed by atoms with Crippen molar-refractivity contribution in [3.05, 3.63) is 42.5 Å². The molecule has 3 rings (SSSR count). The molecule has 1 aliphatic carbocycles. The van der Waals surface area contributed by atoms with E-state index in [-0.39, 0.29) is 11.9 Å². The number of carbonyl (C=O) groups excluding carboxylic acids is 1. The van der Waals surface area contributed by atoms with Gasteiger partial charge < -0.3 is 4.90 Å². The summed E-state index contributed by atoms with van der Waals surface area (Å²) in [6.07, 6.45) is 5.52. The lowest BCUT2D eigenvalue weighted by Crippen LogP contribution is -2.42. The third-order valence-electron chi connectivity index (χ3n) is 4.97. The van der Waals surface area contributed by atoms with Crippen LogP contribution in [-0.4, -0.2) is 56.7 Å². The van der Waals surface area contributed by atoms with E-state index < -0.39 is 0 Å². The van der Waals surface area contributed by atoms with Gasteiger partial charge in [0, 0.05) is 18.6 Å². The Morgan fingerprint density at radius 2 is 1.92 bits per heavy atom. The third-order valence-corrected chi connectivity index (χ3v) is 4.97. The zero-order valence-electron chi connectivity index (χ0n) is 16.2. The van der Waals surface area contributed by atoms with E-state index in [0.29, 0.717) is 18.5 Å². The summed E-state index contributed by atoms with van der Waals surface area (Å²) in [5.41, 5.74) is 2.17. The van der Waals surface area contributed by atoms with Crippen molar-refractivity contribution in [1.29, 1.82) is 0 Å². The standard InChI is InChI=1S/C20H29N5O/c1-15(2)11-24(18-9-10-18)20(26)12-23(4)16(3)17-5-7-19(8-6-17)25-14-21-13-22-25/h5-8,13-16,18H,9-12H2,1-4H3. The molecule has 0 saturated heterocycles. The summed E-state index contributed by atoms with van der Waals surface area (Å²) in [7, 11) is 2.02. The molecule has 1 unspecified atom stereocenters. The van der Waals surface area contributed by atoms with Gasteiger partial charge in [0.25, 0.3) is 0 Å². The van der Waals surface area contributed by atoms with Crippen molar-refractivity contribution in [2.75, 3.05) is 20.1 Å². The largest absolute Gasteiger partial charge is 0.338 e. The molecule has 1 aliphatic rings. The second kappa shape index (κ2) is 7.99. The number of carbonyl (C=O) groups is 1. The molecule has 2 aromatic rings. The molecule has 0 aliphatic heterocycles. The van der Waals surface area contributed by atoms with Crippen LogP contribution in [0.2, 0.25) is 0 Å². The minimum absolute atomic E-state index is 0.170. The Kier molecular flexibility index (Phi) is 5.71. The van der Waals surface area contributed by atoms with Crippen LogP contribution in [0.3, 0.4) is 0 Å². The van der Waals surface area contributed by atoms with Crippen LogP contribution in [-0.2, 0) is 4.79 Å². The highest BCUT2D eigenvalue weighted by Gasteiger charge is 2.33. The van der Waals surface area contributed by atoms with E-state index in [9.17, 15) is 4.79 Å². The quantitative estimate of drug-likeness (QED) is 0.731. The molecule has 6 heteroatoms. The first-order valence-corrected chi connectivity index (χ1v) is 9.40. The molecule has 1 atom stereocenters. The Balaban J connectivity index is 1.61. The summed E-state index contributed by atoms with van der Waals surface area (Å²) < 4.78 is 1.74. The van der Waals surface area contributed by atoms with Crippen molar-refractivity contribution >= 4 is 5.91 Å². The van der Waals surface area contributed by atoms with Gasteiger partial charge >= 0.3 is 0 Å². The monoisotopic (exact) mass is 355 g/mol. The molecule has 6 nitrogen and oxygen atoms in total.